The monoisotopic (exact) mass is 331 g/mol. The minimum atomic E-state index is -0.563. The molecule has 0 atom stereocenters. The van der Waals surface area contributed by atoms with Gasteiger partial charge in [-0.1, -0.05) is 13.2 Å². The first-order valence-corrected chi connectivity index (χ1v) is 7.10. The van der Waals surface area contributed by atoms with E-state index in [2.05, 4.69) is 18.5 Å². The van der Waals surface area contributed by atoms with Crippen LogP contribution >= 0.6 is 0 Å². The highest BCUT2D eigenvalue weighted by atomic mass is 16.7. The maximum atomic E-state index is 11.3. The van der Waals surface area contributed by atoms with E-state index >= 15 is 0 Å². The Kier molecular flexibility index (Phi) is 12.4. The molecule has 0 aliphatic carbocycles. The molecule has 0 aromatic heterocycles. The van der Waals surface area contributed by atoms with Crippen LogP contribution in [0.5, 0.6) is 0 Å². The van der Waals surface area contributed by atoms with Crippen molar-refractivity contribution >= 4 is 12.1 Å². The summed E-state index contributed by atoms with van der Waals surface area (Å²) in [5.74, 6) is 0.101. The van der Waals surface area contributed by atoms with Gasteiger partial charge in [0.25, 0.3) is 0 Å². The van der Waals surface area contributed by atoms with Crippen molar-refractivity contribution in [2.75, 3.05) is 46.4 Å². The van der Waals surface area contributed by atoms with E-state index in [0.717, 1.165) is 0 Å². The predicted octanol–water partition coefficient (Wildman–Crippen LogP) is 1.37. The van der Waals surface area contributed by atoms with E-state index in [0.29, 0.717) is 11.3 Å². The molecule has 8 heteroatoms. The molecule has 0 aliphatic rings. The summed E-state index contributed by atoms with van der Waals surface area (Å²) in [5, 5.41) is 2.50. The maximum Gasteiger partial charge on any atom is 0.407 e. The van der Waals surface area contributed by atoms with Gasteiger partial charge in [-0.25, -0.2) is 9.59 Å². The van der Waals surface area contributed by atoms with Crippen molar-refractivity contribution in [3.8, 4) is 0 Å². The molecule has 0 radical (unpaired) electrons. The van der Waals surface area contributed by atoms with Crippen molar-refractivity contribution in [1.29, 1.82) is 0 Å². The smallest absolute Gasteiger partial charge is 0.407 e. The van der Waals surface area contributed by atoms with Crippen molar-refractivity contribution in [2.24, 2.45) is 0 Å². The van der Waals surface area contributed by atoms with Gasteiger partial charge < -0.3 is 29.0 Å². The highest BCUT2D eigenvalue weighted by Crippen LogP contribution is 1.92. The Labute approximate surface area is 136 Å². The van der Waals surface area contributed by atoms with Crippen LogP contribution in [-0.2, 0) is 28.5 Å². The van der Waals surface area contributed by atoms with Crippen LogP contribution in [0.1, 0.15) is 13.8 Å². The number of rotatable bonds is 13. The number of carbonyl (C=O) groups is 2. The number of amides is 1. The van der Waals surface area contributed by atoms with Crippen LogP contribution in [0, 0.1) is 0 Å². The molecule has 8 nitrogen and oxygen atoms in total. The van der Waals surface area contributed by atoms with Crippen molar-refractivity contribution in [3.05, 3.63) is 24.5 Å². The average Bonchev–Trinajstić information content (AvgIpc) is 2.49. The highest BCUT2D eigenvalue weighted by molar-refractivity contribution is 5.86. The summed E-state index contributed by atoms with van der Waals surface area (Å²) in [7, 11) is 0. The lowest BCUT2D eigenvalue weighted by Crippen LogP contribution is -2.29. The zero-order valence-electron chi connectivity index (χ0n) is 13.7. The van der Waals surface area contributed by atoms with Gasteiger partial charge in [-0.3, -0.25) is 0 Å². The average molecular weight is 331 g/mol. The fraction of sp³-hybridized carbons (Fsp3) is 0.600. The van der Waals surface area contributed by atoms with Crippen molar-refractivity contribution in [1.82, 2.24) is 5.32 Å². The third-order valence-corrected chi connectivity index (χ3v) is 2.17. The fourth-order valence-corrected chi connectivity index (χ4v) is 1.09. The van der Waals surface area contributed by atoms with E-state index in [1.165, 1.54) is 0 Å². The zero-order chi connectivity index (χ0) is 17.5. The predicted molar refractivity (Wildman–Crippen MR) is 82.7 cm³/mol. The molecule has 0 aliphatic heterocycles. The topological polar surface area (TPSA) is 92.3 Å². The Morgan fingerprint density at radius 2 is 1.52 bits per heavy atom. The standard InChI is InChI=1S/C15H25NO7/c1-12(2)14(17)21-9-7-19-6-5-16-15(18)22-10-8-20-11-23-13(3)4/h1,3,5-11H2,2,4H3,(H,16,18). The van der Waals surface area contributed by atoms with E-state index < -0.39 is 12.1 Å². The minimum Gasteiger partial charge on any atom is -0.473 e. The second-order valence-corrected chi connectivity index (χ2v) is 4.46. The lowest BCUT2D eigenvalue weighted by Gasteiger charge is -2.09. The van der Waals surface area contributed by atoms with Gasteiger partial charge in [0.15, 0.2) is 6.79 Å². The lowest BCUT2D eigenvalue weighted by molar-refractivity contribution is -0.140. The van der Waals surface area contributed by atoms with Gasteiger partial charge in [-0.05, 0) is 13.8 Å². The molecule has 23 heavy (non-hydrogen) atoms. The zero-order valence-corrected chi connectivity index (χ0v) is 13.7. The number of ether oxygens (including phenoxy) is 5. The molecule has 0 spiro atoms. The van der Waals surface area contributed by atoms with Crippen LogP contribution in [0.15, 0.2) is 24.5 Å². The molecule has 0 fully saturated rings. The largest absolute Gasteiger partial charge is 0.473 e. The van der Waals surface area contributed by atoms with Crippen LogP contribution in [0.25, 0.3) is 0 Å². The van der Waals surface area contributed by atoms with Crippen molar-refractivity contribution in [2.45, 2.75) is 13.8 Å². The molecule has 0 rings (SSSR count). The van der Waals surface area contributed by atoms with Gasteiger partial charge in [-0.15, -0.1) is 0 Å². The number of hydrogen-bond acceptors (Lipinski definition) is 7. The molecule has 0 aromatic carbocycles. The summed E-state index contributed by atoms with van der Waals surface area (Å²) in [4.78, 5) is 22.3. The second-order valence-electron chi connectivity index (χ2n) is 4.46. The fourth-order valence-electron chi connectivity index (χ4n) is 1.09. The van der Waals surface area contributed by atoms with Crippen LogP contribution in [0.4, 0.5) is 4.79 Å². The summed E-state index contributed by atoms with van der Waals surface area (Å²) in [6.07, 6.45) is -0.563. The number of allylic oxidation sites excluding steroid dienone is 1. The molecule has 0 bridgehead atoms. The van der Waals surface area contributed by atoms with Crippen molar-refractivity contribution < 1.29 is 33.3 Å². The van der Waals surface area contributed by atoms with Gasteiger partial charge in [0, 0.05) is 12.1 Å². The molecule has 0 unspecified atom stereocenters. The third kappa shape index (κ3) is 14.6. The van der Waals surface area contributed by atoms with E-state index in [1.54, 1.807) is 13.8 Å². The molecule has 0 aromatic rings. The van der Waals surface area contributed by atoms with Crippen LogP contribution < -0.4 is 5.32 Å². The summed E-state index contributed by atoms with van der Waals surface area (Å²) < 4.78 is 24.8. The Balaban J connectivity index is 3.32. The molecule has 132 valence electrons. The van der Waals surface area contributed by atoms with E-state index in [9.17, 15) is 9.59 Å². The number of esters is 1. The molecule has 0 saturated carbocycles. The summed E-state index contributed by atoms with van der Waals surface area (Å²) >= 11 is 0. The van der Waals surface area contributed by atoms with E-state index in [1.807, 2.05) is 0 Å². The van der Waals surface area contributed by atoms with E-state index in [4.69, 9.17) is 23.7 Å². The van der Waals surface area contributed by atoms with Gasteiger partial charge in [0.2, 0.25) is 0 Å². The molecular weight excluding hydrogens is 306 g/mol. The molecule has 1 N–H and O–H groups in total. The number of carbonyl (C=O) groups excluding carboxylic acids is 2. The normalized spacial score (nSPS) is 9.83. The van der Waals surface area contributed by atoms with Crippen LogP contribution in [0.3, 0.4) is 0 Å². The van der Waals surface area contributed by atoms with Gasteiger partial charge in [0.05, 0.1) is 25.6 Å². The van der Waals surface area contributed by atoms with Crippen LogP contribution in [0.2, 0.25) is 0 Å². The Morgan fingerprint density at radius 3 is 2.17 bits per heavy atom. The Bertz CT molecular complexity index is 395. The summed E-state index contributed by atoms with van der Waals surface area (Å²) in [5.41, 5.74) is 0.338. The quantitative estimate of drug-likeness (QED) is 0.179. The van der Waals surface area contributed by atoms with Gasteiger partial charge in [0.1, 0.15) is 13.2 Å². The minimum absolute atomic E-state index is 0.0735. The number of alkyl carbamates (subject to hydrolysis) is 1. The second kappa shape index (κ2) is 13.6. The number of nitrogens with one attached hydrogen (secondary N) is 1. The van der Waals surface area contributed by atoms with E-state index in [-0.39, 0.29) is 46.4 Å². The van der Waals surface area contributed by atoms with Gasteiger partial charge >= 0.3 is 12.1 Å². The molecule has 1 amide bonds. The first-order valence-electron chi connectivity index (χ1n) is 7.10. The van der Waals surface area contributed by atoms with Gasteiger partial charge in [-0.2, -0.15) is 0 Å². The van der Waals surface area contributed by atoms with Crippen molar-refractivity contribution in [3.63, 3.8) is 0 Å². The summed E-state index contributed by atoms with van der Waals surface area (Å²) in [6, 6.07) is 0. The molecular formula is C15H25NO7. The third-order valence-electron chi connectivity index (χ3n) is 2.17. The molecule has 0 saturated heterocycles. The number of hydrogen-bond donors (Lipinski definition) is 1. The maximum absolute atomic E-state index is 11.3. The SMILES string of the molecule is C=C(C)OCOCCOC(=O)NCCOCCOC(=O)C(=C)C. The first kappa shape index (κ1) is 20.9. The molecule has 0 heterocycles. The lowest BCUT2D eigenvalue weighted by atomic mass is 10.4. The first-order chi connectivity index (χ1) is 10.9. The highest BCUT2D eigenvalue weighted by Gasteiger charge is 2.03. The Morgan fingerprint density at radius 1 is 0.870 bits per heavy atom. The summed E-state index contributed by atoms with van der Waals surface area (Å²) in [6.45, 7) is 11.6. The van der Waals surface area contributed by atoms with Crippen LogP contribution in [-0.4, -0.2) is 58.4 Å². The Hall–Kier alpha value is -2.06.